The lowest BCUT2D eigenvalue weighted by molar-refractivity contribution is -0.125. The zero-order chi connectivity index (χ0) is 10.7. The highest BCUT2D eigenvalue weighted by Crippen LogP contribution is 2.18. The number of hydrogen-bond donors (Lipinski definition) is 0. The molecule has 2 saturated heterocycles. The molecule has 0 aliphatic carbocycles. The van der Waals surface area contributed by atoms with E-state index in [1.54, 1.807) is 0 Å². The molecule has 0 aromatic heterocycles. The van der Waals surface area contributed by atoms with Crippen LogP contribution in [0, 0.1) is 5.92 Å². The molecule has 3 heteroatoms. The minimum atomic E-state index is 0.349. The van der Waals surface area contributed by atoms with Gasteiger partial charge in [0.2, 0.25) is 0 Å². The van der Waals surface area contributed by atoms with Crippen LogP contribution in [0.25, 0.3) is 0 Å². The van der Waals surface area contributed by atoms with Gasteiger partial charge in [-0.1, -0.05) is 0 Å². The molecule has 0 N–H and O–H groups in total. The Balaban J connectivity index is 1.75. The molecule has 2 fully saturated rings. The van der Waals surface area contributed by atoms with Gasteiger partial charge in [0.15, 0.2) is 0 Å². The lowest BCUT2D eigenvalue weighted by Crippen LogP contribution is -2.37. The SMILES string of the molecule is CN1CCC(C(=O)CN2CCCC2)CC1. The van der Waals surface area contributed by atoms with Gasteiger partial charge in [0.25, 0.3) is 0 Å². The van der Waals surface area contributed by atoms with E-state index in [-0.39, 0.29) is 0 Å². The second kappa shape index (κ2) is 5.08. The summed E-state index contributed by atoms with van der Waals surface area (Å²) < 4.78 is 0. The second-order valence-electron chi connectivity index (χ2n) is 5.03. The molecule has 0 radical (unpaired) electrons. The third-order valence-electron chi connectivity index (χ3n) is 3.75. The number of piperidine rings is 1. The van der Waals surface area contributed by atoms with Crippen LogP contribution in [0.2, 0.25) is 0 Å². The van der Waals surface area contributed by atoms with Crippen molar-refractivity contribution >= 4 is 5.78 Å². The zero-order valence-corrected chi connectivity index (χ0v) is 9.74. The van der Waals surface area contributed by atoms with Crippen LogP contribution in [0.3, 0.4) is 0 Å². The van der Waals surface area contributed by atoms with Gasteiger partial charge >= 0.3 is 0 Å². The number of carbonyl (C=O) groups excluding carboxylic acids is 1. The number of hydrogen-bond acceptors (Lipinski definition) is 3. The highest BCUT2D eigenvalue weighted by Gasteiger charge is 2.25. The molecule has 0 atom stereocenters. The van der Waals surface area contributed by atoms with Crippen LogP contribution >= 0.6 is 0 Å². The summed E-state index contributed by atoms with van der Waals surface area (Å²) in [5.74, 6) is 0.840. The number of ketones is 1. The van der Waals surface area contributed by atoms with Crippen LogP contribution < -0.4 is 0 Å². The van der Waals surface area contributed by atoms with Crippen LogP contribution in [-0.4, -0.2) is 55.4 Å². The highest BCUT2D eigenvalue weighted by atomic mass is 16.1. The molecule has 15 heavy (non-hydrogen) atoms. The molecule has 0 bridgehead atoms. The summed E-state index contributed by atoms with van der Waals surface area (Å²) in [5.41, 5.74) is 0. The Morgan fingerprint density at radius 1 is 1.13 bits per heavy atom. The molecule has 0 unspecified atom stereocenters. The minimum absolute atomic E-state index is 0.349. The summed E-state index contributed by atoms with van der Waals surface area (Å²) >= 11 is 0. The van der Waals surface area contributed by atoms with E-state index in [1.807, 2.05) is 0 Å². The van der Waals surface area contributed by atoms with E-state index in [9.17, 15) is 4.79 Å². The second-order valence-corrected chi connectivity index (χ2v) is 5.03. The molecule has 3 nitrogen and oxygen atoms in total. The number of Topliss-reactive ketones (excluding diaryl/α,β-unsaturated/α-hetero) is 1. The first-order valence-electron chi connectivity index (χ1n) is 6.19. The molecule has 0 spiro atoms. The van der Waals surface area contributed by atoms with Crippen molar-refractivity contribution < 1.29 is 4.79 Å². The molecular weight excluding hydrogens is 188 g/mol. The summed E-state index contributed by atoms with van der Waals surface area (Å²) in [6, 6.07) is 0. The van der Waals surface area contributed by atoms with Gasteiger partial charge in [-0.05, 0) is 58.9 Å². The van der Waals surface area contributed by atoms with Gasteiger partial charge in [0.1, 0.15) is 5.78 Å². The Morgan fingerprint density at radius 3 is 2.33 bits per heavy atom. The van der Waals surface area contributed by atoms with Gasteiger partial charge in [-0.25, -0.2) is 0 Å². The van der Waals surface area contributed by atoms with E-state index < -0.39 is 0 Å². The Hall–Kier alpha value is -0.410. The van der Waals surface area contributed by atoms with Gasteiger partial charge in [0, 0.05) is 5.92 Å². The van der Waals surface area contributed by atoms with Crippen molar-refractivity contribution in [2.24, 2.45) is 5.92 Å². The molecule has 0 aromatic rings. The van der Waals surface area contributed by atoms with E-state index in [4.69, 9.17) is 0 Å². The lowest BCUT2D eigenvalue weighted by atomic mass is 9.92. The summed E-state index contributed by atoms with van der Waals surface area (Å²) in [6.45, 7) is 5.18. The maximum absolute atomic E-state index is 12.0. The molecule has 0 aromatic carbocycles. The average molecular weight is 210 g/mol. The van der Waals surface area contributed by atoms with E-state index in [0.717, 1.165) is 39.0 Å². The predicted octanol–water partition coefficient (Wildman–Crippen LogP) is 0.993. The zero-order valence-electron chi connectivity index (χ0n) is 9.74. The number of likely N-dealkylation sites (tertiary alicyclic amines) is 2. The minimum Gasteiger partial charge on any atom is -0.306 e. The van der Waals surface area contributed by atoms with Crippen LogP contribution in [-0.2, 0) is 4.79 Å². The maximum atomic E-state index is 12.0. The first-order chi connectivity index (χ1) is 7.25. The molecule has 0 amide bonds. The number of rotatable bonds is 3. The monoisotopic (exact) mass is 210 g/mol. The Bertz CT molecular complexity index is 216. The van der Waals surface area contributed by atoms with Crippen molar-refractivity contribution in [2.45, 2.75) is 25.7 Å². The predicted molar refractivity (Wildman–Crippen MR) is 60.9 cm³/mol. The van der Waals surface area contributed by atoms with Crippen LogP contribution in [0.5, 0.6) is 0 Å². The fourth-order valence-corrected chi connectivity index (χ4v) is 2.62. The fraction of sp³-hybridized carbons (Fsp3) is 0.917. The fourth-order valence-electron chi connectivity index (χ4n) is 2.62. The smallest absolute Gasteiger partial charge is 0.149 e. The van der Waals surface area contributed by atoms with Crippen molar-refractivity contribution in [3.05, 3.63) is 0 Å². The normalized spacial score (nSPS) is 25.9. The summed E-state index contributed by atoms with van der Waals surface area (Å²) in [5, 5.41) is 0. The van der Waals surface area contributed by atoms with Gasteiger partial charge in [-0.2, -0.15) is 0 Å². The Labute approximate surface area is 92.4 Å². The standard InChI is InChI=1S/C12H22N2O/c1-13-8-4-11(5-9-13)12(15)10-14-6-2-3-7-14/h11H,2-10H2,1H3. The summed E-state index contributed by atoms with van der Waals surface area (Å²) in [7, 11) is 2.14. The van der Waals surface area contributed by atoms with E-state index >= 15 is 0 Å². The van der Waals surface area contributed by atoms with Crippen molar-refractivity contribution in [1.29, 1.82) is 0 Å². The third-order valence-corrected chi connectivity index (χ3v) is 3.75. The highest BCUT2D eigenvalue weighted by molar-refractivity contribution is 5.83. The Morgan fingerprint density at radius 2 is 1.73 bits per heavy atom. The maximum Gasteiger partial charge on any atom is 0.149 e. The van der Waals surface area contributed by atoms with E-state index in [0.29, 0.717) is 18.2 Å². The molecule has 86 valence electrons. The average Bonchev–Trinajstić information content (AvgIpc) is 2.71. The van der Waals surface area contributed by atoms with Gasteiger partial charge in [-0.3, -0.25) is 9.69 Å². The number of nitrogens with zero attached hydrogens (tertiary/aromatic N) is 2. The quantitative estimate of drug-likeness (QED) is 0.694. The van der Waals surface area contributed by atoms with Gasteiger partial charge in [0.05, 0.1) is 6.54 Å². The Kier molecular flexibility index (Phi) is 3.76. The lowest BCUT2D eigenvalue weighted by Gasteiger charge is -2.29. The molecule has 2 rings (SSSR count). The van der Waals surface area contributed by atoms with E-state index in [1.165, 1.54) is 12.8 Å². The first-order valence-corrected chi connectivity index (χ1v) is 6.19. The molecular formula is C12H22N2O. The van der Waals surface area contributed by atoms with Crippen molar-refractivity contribution in [2.75, 3.05) is 39.8 Å². The largest absolute Gasteiger partial charge is 0.306 e. The molecule has 2 aliphatic heterocycles. The third kappa shape index (κ3) is 3.02. The van der Waals surface area contributed by atoms with Gasteiger partial charge < -0.3 is 4.90 Å². The van der Waals surface area contributed by atoms with Crippen LogP contribution in [0.15, 0.2) is 0 Å². The summed E-state index contributed by atoms with van der Waals surface area (Å²) in [4.78, 5) is 16.6. The molecule has 0 saturated carbocycles. The van der Waals surface area contributed by atoms with Crippen LogP contribution in [0.4, 0.5) is 0 Å². The van der Waals surface area contributed by atoms with Gasteiger partial charge in [-0.15, -0.1) is 0 Å². The number of carbonyl (C=O) groups is 1. The van der Waals surface area contributed by atoms with Crippen LogP contribution in [0.1, 0.15) is 25.7 Å². The molecule has 2 heterocycles. The topological polar surface area (TPSA) is 23.6 Å². The van der Waals surface area contributed by atoms with E-state index in [2.05, 4.69) is 16.8 Å². The molecule has 2 aliphatic rings. The van der Waals surface area contributed by atoms with Crippen molar-refractivity contribution in [1.82, 2.24) is 9.80 Å². The first kappa shape index (κ1) is 11.1. The van der Waals surface area contributed by atoms with Crippen molar-refractivity contribution in [3.63, 3.8) is 0 Å². The van der Waals surface area contributed by atoms with Crippen molar-refractivity contribution in [3.8, 4) is 0 Å². The summed E-state index contributed by atoms with van der Waals surface area (Å²) in [6.07, 6.45) is 4.70.